The summed E-state index contributed by atoms with van der Waals surface area (Å²) in [6.45, 7) is 2.28. The summed E-state index contributed by atoms with van der Waals surface area (Å²) in [4.78, 5) is 21.8. The van der Waals surface area contributed by atoms with E-state index in [9.17, 15) is 4.79 Å². The van der Waals surface area contributed by atoms with E-state index in [-0.39, 0.29) is 12.5 Å². The second kappa shape index (κ2) is 10.4. The van der Waals surface area contributed by atoms with Crippen molar-refractivity contribution >= 4 is 28.1 Å². The molecule has 2 aromatic heterocycles. The highest BCUT2D eigenvalue weighted by Gasteiger charge is 2.15. The molecule has 1 aromatic carbocycles. The number of amides is 1. The Kier molecular flexibility index (Phi) is 7.40. The van der Waals surface area contributed by atoms with Crippen LogP contribution in [0.25, 0.3) is 0 Å². The highest BCUT2D eigenvalue weighted by atomic mass is 32.1. The van der Waals surface area contributed by atoms with Gasteiger partial charge in [-0.3, -0.25) is 4.79 Å². The minimum absolute atomic E-state index is 0.0144. The van der Waals surface area contributed by atoms with Crippen molar-refractivity contribution in [3.8, 4) is 0 Å². The van der Waals surface area contributed by atoms with Crippen molar-refractivity contribution in [1.29, 1.82) is 0 Å². The first-order valence-corrected chi connectivity index (χ1v) is 10.3. The van der Waals surface area contributed by atoms with Crippen molar-refractivity contribution in [2.24, 2.45) is 12.2 Å². The molecule has 9 nitrogen and oxygen atoms in total. The first kappa shape index (κ1) is 20.6. The Morgan fingerprint density at radius 1 is 1.28 bits per heavy atom. The summed E-state index contributed by atoms with van der Waals surface area (Å²) in [5.74, 6) is 0.481. The lowest BCUT2D eigenvalue weighted by Gasteiger charge is -2.05. The third kappa shape index (κ3) is 5.92. The van der Waals surface area contributed by atoms with Crippen LogP contribution >= 0.6 is 11.3 Å². The maximum absolute atomic E-state index is 11.9. The summed E-state index contributed by atoms with van der Waals surface area (Å²) < 4.78 is 1.53. The van der Waals surface area contributed by atoms with Gasteiger partial charge in [0.1, 0.15) is 0 Å². The number of aromatic nitrogens is 5. The van der Waals surface area contributed by atoms with Gasteiger partial charge in [0, 0.05) is 24.4 Å². The molecule has 0 atom stereocenters. The van der Waals surface area contributed by atoms with Gasteiger partial charge in [0.05, 0.1) is 5.69 Å². The van der Waals surface area contributed by atoms with Crippen molar-refractivity contribution in [2.75, 3.05) is 5.32 Å². The zero-order valence-corrected chi connectivity index (χ0v) is 17.2. The van der Waals surface area contributed by atoms with Crippen molar-refractivity contribution in [1.82, 2.24) is 25.2 Å². The number of benzene rings is 1. The maximum Gasteiger partial charge on any atom is 0.226 e. The summed E-state index contributed by atoms with van der Waals surface area (Å²) >= 11 is 1.36. The number of aryl methyl sites for hydroxylation is 1. The van der Waals surface area contributed by atoms with Crippen LogP contribution in [0.1, 0.15) is 49.7 Å². The van der Waals surface area contributed by atoms with Crippen LogP contribution in [0.2, 0.25) is 0 Å². The van der Waals surface area contributed by atoms with Crippen LogP contribution in [0.15, 0.2) is 40.9 Å². The highest BCUT2D eigenvalue weighted by molar-refractivity contribution is 7.13. The molecule has 0 bridgehead atoms. The number of carbonyl (C=O) groups is 1. The molecule has 0 aliphatic heterocycles. The number of unbranched alkanes of at least 4 members (excludes halogenated alkanes) is 2. The van der Waals surface area contributed by atoms with Gasteiger partial charge < -0.3 is 10.2 Å². The molecule has 0 saturated carbocycles. The number of rotatable bonds is 10. The fourth-order valence-electron chi connectivity index (χ4n) is 2.56. The number of hydrogen-bond donors (Lipinski definition) is 1. The predicted octanol–water partition coefficient (Wildman–Crippen LogP) is 3.15. The number of hydrogen-bond acceptors (Lipinski definition) is 8. The van der Waals surface area contributed by atoms with E-state index >= 15 is 0 Å². The minimum Gasteiger partial charge on any atom is -0.389 e. The summed E-state index contributed by atoms with van der Waals surface area (Å²) in [6.07, 6.45) is 3.53. The molecular weight excluding hydrogens is 390 g/mol. The van der Waals surface area contributed by atoms with Gasteiger partial charge in [0.25, 0.3) is 0 Å². The molecule has 0 saturated heterocycles. The molecule has 3 rings (SSSR count). The Morgan fingerprint density at radius 2 is 2.10 bits per heavy atom. The molecule has 1 N–H and O–H groups in total. The third-order valence-corrected chi connectivity index (χ3v) is 4.86. The zero-order chi connectivity index (χ0) is 20.5. The Labute approximate surface area is 172 Å². The minimum atomic E-state index is -0.0144. The fraction of sp³-hybridized carbons (Fsp3) is 0.368. The van der Waals surface area contributed by atoms with E-state index in [1.807, 2.05) is 35.7 Å². The lowest BCUT2D eigenvalue weighted by molar-refractivity contribution is -0.116. The van der Waals surface area contributed by atoms with E-state index in [0.717, 1.165) is 24.8 Å². The fourth-order valence-corrected chi connectivity index (χ4v) is 3.27. The number of nitrogens with one attached hydrogen (secondary N) is 1. The Hall–Kier alpha value is -3.14. The number of nitrogens with zero attached hydrogens (tertiary/aromatic N) is 6. The Balaban J connectivity index is 1.62. The smallest absolute Gasteiger partial charge is 0.226 e. The molecule has 0 aliphatic carbocycles. The van der Waals surface area contributed by atoms with Gasteiger partial charge in [-0.1, -0.05) is 55.3 Å². The van der Waals surface area contributed by atoms with Gasteiger partial charge in [0.2, 0.25) is 11.7 Å². The molecule has 0 radical (unpaired) electrons. The molecule has 3 aromatic rings. The van der Waals surface area contributed by atoms with Crippen LogP contribution in [0, 0.1) is 0 Å². The standard InChI is InChI=1S/C19H23N7O2S/c1-3-4-6-11-16(27)21-19-20-15(13-29-19)12-28-23-17(14-9-7-5-8-10-14)18-22-24-25-26(18)2/h5,7-10,13H,3-4,6,11-12H2,1-2H3,(H,20,21,27). The lowest BCUT2D eigenvalue weighted by Crippen LogP contribution is -2.12. The van der Waals surface area contributed by atoms with Crippen molar-refractivity contribution in [3.63, 3.8) is 0 Å². The van der Waals surface area contributed by atoms with Crippen molar-refractivity contribution in [3.05, 3.63) is 52.8 Å². The van der Waals surface area contributed by atoms with Crippen LogP contribution in [-0.2, 0) is 23.3 Å². The largest absolute Gasteiger partial charge is 0.389 e. The van der Waals surface area contributed by atoms with Crippen LogP contribution in [0.3, 0.4) is 0 Å². The number of carbonyl (C=O) groups excluding carboxylic acids is 1. The van der Waals surface area contributed by atoms with Crippen LogP contribution in [-0.4, -0.2) is 36.8 Å². The van der Waals surface area contributed by atoms with E-state index in [4.69, 9.17) is 4.84 Å². The first-order chi connectivity index (χ1) is 14.2. The van der Waals surface area contributed by atoms with Gasteiger partial charge in [0.15, 0.2) is 17.5 Å². The van der Waals surface area contributed by atoms with Gasteiger partial charge in [-0.2, -0.15) is 0 Å². The van der Waals surface area contributed by atoms with Gasteiger partial charge in [-0.15, -0.1) is 16.4 Å². The number of oxime groups is 1. The zero-order valence-electron chi connectivity index (χ0n) is 16.4. The van der Waals surface area contributed by atoms with Gasteiger partial charge >= 0.3 is 0 Å². The van der Waals surface area contributed by atoms with E-state index in [2.05, 4.69) is 37.9 Å². The Morgan fingerprint density at radius 3 is 2.83 bits per heavy atom. The van der Waals surface area contributed by atoms with Gasteiger partial charge in [-0.05, 0) is 16.8 Å². The van der Waals surface area contributed by atoms with Crippen LogP contribution < -0.4 is 5.32 Å². The van der Waals surface area contributed by atoms with E-state index in [0.29, 0.717) is 28.8 Å². The Bertz CT molecular complexity index is 952. The summed E-state index contributed by atoms with van der Waals surface area (Å²) in [5.41, 5.74) is 2.05. The van der Waals surface area contributed by atoms with Crippen LogP contribution in [0.5, 0.6) is 0 Å². The average Bonchev–Trinajstić information content (AvgIpc) is 3.35. The second-order valence-corrected chi connectivity index (χ2v) is 7.21. The van der Waals surface area contributed by atoms with E-state index < -0.39 is 0 Å². The first-order valence-electron chi connectivity index (χ1n) is 9.39. The monoisotopic (exact) mass is 413 g/mol. The van der Waals surface area contributed by atoms with Crippen molar-refractivity contribution < 1.29 is 9.63 Å². The summed E-state index contributed by atoms with van der Waals surface area (Å²) in [7, 11) is 1.74. The third-order valence-electron chi connectivity index (χ3n) is 4.05. The molecule has 0 fully saturated rings. The summed E-state index contributed by atoms with van der Waals surface area (Å²) in [6, 6.07) is 9.55. The molecule has 2 heterocycles. The maximum atomic E-state index is 11.9. The SMILES string of the molecule is CCCCCC(=O)Nc1nc(CON=C(c2ccccc2)c2nnnn2C)cs1. The lowest BCUT2D eigenvalue weighted by atomic mass is 10.1. The topological polar surface area (TPSA) is 107 Å². The van der Waals surface area contributed by atoms with E-state index in [1.54, 1.807) is 7.05 Å². The molecule has 152 valence electrons. The number of anilines is 1. The average molecular weight is 414 g/mol. The number of thiazole rings is 1. The predicted molar refractivity (Wildman–Crippen MR) is 111 cm³/mol. The molecule has 1 amide bonds. The molecule has 0 aliphatic rings. The summed E-state index contributed by atoms with van der Waals surface area (Å²) in [5, 5.41) is 21.0. The van der Waals surface area contributed by atoms with Crippen LogP contribution in [0.4, 0.5) is 5.13 Å². The van der Waals surface area contributed by atoms with Crippen molar-refractivity contribution in [2.45, 2.75) is 39.2 Å². The number of tetrazole rings is 1. The normalized spacial score (nSPS) is 11.4. The van der Waals surface area contributed by atoms with E-state index in [1.165, 1.54) is 16.0 Å². The molecule has 0 spiro atoms. The second-order valence-electron chi connectivity index (χ2n) is 6.35. The quantitative estimate of drug-likeness (QED) is 0.311. The molecular formula is C19H23N7O2S. The highest BCUT2D eigenvalue weighted by Crippen LogP contribution is 2.17. The van der Waals surface area contributed by atoms with Gasteiger partial charge in [-0.25, -0.2) is 9.67 Å². The molecule has 10 heteroatoms. The molecule has 29 heavy (non-hydrogen) atoms. The molecule has 0 unspecified atom stereocenters.